The number of aryl methyl sites for hydroxylation is 1. The molecule has 0 unspecified atom stereocenters. The number of alkyl halides is 3. The van der Waals surface area contributed by atoms with Crippen molar-refractivity contribution in [2.45, 2.75) is 38.4 Å². The second-order valence-electron chi connectivity index (χ2n) is 6.82. The van der Waals surface area contributed by atoms with Crippen LogP contribution < -0.4 is 5.32 Å². The SMILES string of the molecule is CCn1cc(NC(=O)c2cnn3c(C(F)(F)F)cc(C4CC4)nc23)c(C(=O)OC)n1. The number of fused-ring (bicyclic) bond motifs is 1. The molecule has 30 heavy (non-hydrogen) atoms. The number of anilines is 1. The Hall–Kier alpha value is -3.44. The van der Waals surface area contributed by atoms with Gasteiger partial charge in [-0.25, -0.2) is 14.3 Å². The van der Waals surface area contributed by atoms with Crippen LogP contribution in [-0.2, 0) is 17.5 Å². The number of rotatable bonds is 5. The molecule has 3 aromatic rings. The monoisotopic (exact) mass is 422 g/mol. The van der Waals surface area contributed by atoms with Gasteiger partial charge in [-0.05, 0) is 25.8 Å². The van der Waals surface area contributed by atoms with Gasteiger partial charge in [0.05, 0.1) is 19.0 Å². The molecule has 1 amide bonds. The second kappa shape index (κ2) is 7.11. The summed E-state index contributed by atoms with van der Waals surface area (Å²) in [6, 6.07) is 0.972. The van der Waals surface area contributed by atoms with Gasteiger partial charge in [0.15, 0.2) is 11.3 Å². The Balaban J connectivity index is 1.75. The summed E-state index contributed by atoms with van der Waals surface area (Å²) in [4.78, 5) is 29.0. The number of nitrogens with zero attached hydrogens (tertiary/aromatic N) is 5. The average Bonchev–Trinajstić information content (AvgIpc) is 3.34. The highest BCUT2D eigenvalue weighted by Gasteiger charge is 2.38. The molecule has 9 nitrogen and oxygen atoms in total. The number of aromatic nitrogens is 5. The Morgan fingerprint density at radius 3 is 2.67 bits per heavy atom. The van der Waals surface area contributed by atoms with E-state index in [4.69, 9.17) is 0 Å². The first kappa shape index (κ1) is 19.9. The van der Waals surface area contributed by atoms with E-state index in [0.717, 1.165) is 25.1 Å². The number of amides is 1. The number of ether oxygens (including phenoxy) is 1. The molecule has 1 aliphatic carbocycles. The van der Waals surface area contributed by atoms with E-state index in [0.29, 0.717) is 11.1 Å². The van der Waals surface area contributed by atoms with Crippen LogP contribution in [0.1, 0.15) is 57.9 Å². The lowest BCUT2D eigenvalue weighted by atomic mass is 10.2. The maximum absolute atomic E-state index is 13.5. The largest absolute Gasteiger partial charge is 0.464 e. The van der Waals surface area contributed by atoms with Gasteiger partial charge in [-0.2, -0.15) is 23.4 Å². The Morgan fingerprint density at radius 2 is 2.07 bits per heavy atom. The summed E-state index contributed by atoms with van der Waals surface area (Å²) in [6.07, 6.45) is -0.722. The average molecular weight is 422 g/mol. The number of halogens is 3. The summed E-state index contributed by atoms with van der Waals surface area (Å²) < 4.78 is 47.2. The highest BCUT2D eigenvalue weighted by molar-refractivity contribution is 6.10. The highest BCUT2D eigenvalue weighted by Crippen LogP contribution is 2.41. The molecule has 4 rings (SSSR count). The number of carbonyl (C=O) groups is 2. The predicted molar refractivity (Wildman–Crippen MR) is 97.2 cm³/mol. The van der Waals surface area contributed by atoms with E-state index >= 15 is 0 Å². The third-order valence-corrected chi connectivity index (χ3v) is 4.73. The molecule has 1 aliphatic rings. The molecule has 158 valence electrons. The topological polar surface area (TPSA) is 103 Å². The maximum Gasteiger partial charge on any atom is 0.433 e. The van der Waals surface area contributed by atoms with Gasteiger partial charge >= 0.3 is 12.1 Å². The second-order valence-corrected chi connectivity index (χ2v) is 6.82. The number of carbonyl (C=O) groups excluding carboxylic acids is 2. The Labute approximate surface area is 167 Å². The molecular weight excluding hydrogens is 405 g/mol. The minimum atomic E-state index is -4.66. The molecule has 0 saturated heterocycles. The van der Waals surface area contributed by atoms with Crippen molar-refractivity contribution in [2.24, 2.45) is 0 Å². The number of nitrogens with one attached hydrogen (secondary N) is 1. The molecule has 0 aromatic carbocycles. The first-order valence-corrected chi connectivity index (χ1v) is 9.16. The normalized spacial score (nSPS) is 14.2. The molecule has 12 heteroatoms. The zero-order valence-corrected chi connectivity index (χ0v) is 16.0. The van der Waals surface area contributed by atoms with Crippen LogP contribution in [-0.4, -0.2) is 43.4 Å². The summed E-state index contributed by atoms with van der Waals surface area (Å²) >= 11 is 0. The summed E-state index contributed by atoms with van der Waals surface area (Å²) in [5.41, 5.74) is -1.12. The van der Waals surface area contributed by atoms with Crippen LogP contribution >= 0.6 is 0 Å². The lowest BCUT2D eigenvalue weighted by molar-refractivity contribution is -0.142. The Morgan fingerprint density at radius 1 is 1.33 bits per heavy atom. The lowest BCUT2D eigenvalue weighted by Gasteiger charge is -2.11. The van der Waals surface area contributed by atoms with Crippen molar-refractivity contribution >= 4 is 23.2 Å². The third-order valence-electron chi connectivity index (χ3n) is 4.73. The van der Waals surface area contributed by atoms with E-state index in [1.54, 1.807) is 6.92 Å². The van der Waals surface area contributed by atoms with Gasteiger partial charge in [-0.3, -0.25) is 9.48 Å². The summed E-state index contributed by atoms with van der Waals surface area (Å²) in [6.45, 7) is 2.21. The van der Waals surface area contributed by atoms with Crippen LogP contribution in [0.5, 0.6) is 0 Å². The van der Waals surface area contributed by atoms with E-state index in [2.05, 4.69) is 25.2 Å². The standard InChI is InChI=1S/C18H17F3N6O3/c1-3-26-8-12(14(25-26)17(29)30-2)24-16(28)10-7-22-27-13(18(19,20)21)6-11(9-4-5-9)23-15(10)27/h6-9H,3-5H2,1-2H3,(H,24,28). The van der Waals surface area contributed by atoms with E-state index in [-0.39, 0.29) is 34.2 Å². The molecule has 3 aromatic heterocycles. The summed E-state index contributed by atoms with van der Waals surface area (Å²) in [7, 11) is 1.17. The van der Waals surface area contributed by atoms with E-state index in [9.17, 15) is 22.8 Å². The predicted octanol–water partition coefficient (Wildman–Crippen LogP) is 2.88. The van der Waals surface area contributed by atoms with Crippen molar-refractivity contribution in [2.75, 3.05) is 12.4 Å². The molecule has 0 spiro atoms. The van der Waals surface area contributed by atoms with Crippen LogP contribution in [0.3, 0.4) is 0 Å². The molecule has 0 atom stereocenters. The van der Waals surface area contributed by atoms with Gasteiger partial charge in [0, 0.05) is 24.4 Å². The maximum atomic E-state index is 13.5. The Kier molecular flexibility index (Phi) is 4.71. The van der Waals surface area contributed by atoms with Gasteiger partial charge in [0.1, 0.15) is 11.3 Å². The number of hydrogen-bond donors (Lipinski definition) is 1. The smallest absolute Gasteiger partial charge is 0.433 e. The fraction of sp³-hybridized carbons (Fsp3) is 0.389. The minimum absolute atomic E-state index is 0.0596. The van der Waals surface area contributed by atoms with Crippen molar-refractivity contribution in [1.29, 1.82) is 0 Å². The van der Waals surface area contributed by atoms with Crippen LogP contribution in [0.2, 0.25) is 0 Å². The molecule has 0 aliphatic heterocycles. The van der Waals surface area contributed by atoms with Gasteiger partial charge in [0.25, 0.3) is 5.91 Å². The zero-order chi connectivity index (χ0) is 21.6. The number of esters is 1. The van der Waals surface area contributed by atoms with Crippen LogP contribution in [0.25, 0.3) is 5.65 Å². The molecule has 1 fully saturated rings. The quantitative estimate of drug-likeness (QED) is 0.635. The summed E-state index contributed by atoms with van der Waals surface area (Å²) in [5, 5.41) is 10.3. The van der Waals surface area contributed by atoms with Crippen molar-refractivity contribution in [1.82, 2.24) is 24.4 Å². The fourth-order valence-electron chi connectivity index (χ4n) is 3.04. The lowest BCUT2D eigenvalue weighted by Crippen LogP contribution is -2.17. The zero-order valence-electron chi connectivity index (χ0n) is 16.0. The molecule has 0 bridgehead atoms. The van der Waals surface area contributed by atoms with E-state index < -0.39 is 23.7 Å². The van der Waals surface area contributed by atoms with Gasteiger partial charge < -0.3 is 10.1 Å². The Bertz CT molecular complexity index is 1150. The third kappa shape index (κ3) is 3.48. The first-order valence-electron chi connectivity index (χ1n) is 9.16. The van der Waals surface area contributed by atoms with Crippen molar-refractivity contribution in [3.63, 3.8) is 0 Å². The fourth-order valence-corrected chi connectivity index (χ4v) is 3.04. The number of methoxy groups -OCH3 is 1. The van der Waals surface area contributed by atoms with Gasteiger partial charge in [-0.15, -0.1) is 0 Å². The van der Waals surface area contributed by atoms with Crippen LogP contribution in [0, 0.1) is 0 Å². The van der Waals surface area contributed by atoms with Crippen LogP contribution in [0.4, 0.5) is 18.9 Å². The molecule has 1 saturated carbocycles. The highest BCUT2D eigenvalue weighted by atomic mass is 19.4. The van der Waals surface area contributed by atoms with Crippen molar-refractivity contribution < 1.29 is 27.5 Å². The summed E-state index contributed by atoms with van der Waals surface area (Å²) in [5.74, 6) is -1.58. The van der Waals surface area contributed by atoms with Gasteiger partial charge in [-0.1, -0.05) is 0 Å². The number of hydrogen-bond acceptors (Lipinski definition) is 6. The molecule has 1 N–H and O–H groups in total. The minimum Gasteiger partial charge on any atom is -0.464 e. The molecular formula is C18H17F3N6O3. The molecule has 3 heterocycles. The first-order chi connectivity index (χ1) is 14.2. The van der Waals surface area contributed by atoms with E-state index in [1.165, 1.54) is 18.0 Å². The van der Waals surface area contributed by atoms with E-state index in [1.807, 2.05) is 0 Å². The molecule has 0 radical (unpaired) electrons. The van der Waals surface area contributed by atoms with Crippen molar-refractivity contribution in [3.8, 4) is 0 Å². The van der Waals surface area contributed by atoms with Crippen LogP contribution in [0.15, 0.2) is 18.5 Å². The van der Waals surface area contributed by atoms with Gasteiger partial charge in [0.2, 0.25) is 0 Å². The van der Waals surface area contributed by atoms with Crippen molar-refractivity contribution in [3.05, 3.63) is 41.1 Å².